The average molecular weight is 372 g/mol. The number of hydrogen-bond donors (Lipinski definition) is 0. The highest BCUT2D eigenvalue weighted by molar-refractivity contribution is 5.48. The van der Waals surface area contributed by atoms with Gasteiger partial charge in [0.1, 0.15) is 11.5 Å². The van der Waals surface area contributed by atoms with E-state index in [1.165, 1.54) is 11.1 Å². The largest absolute Gasteiger partial charge is 0.361 e. The molecular weight excluding hydrogens is 348 g/mol. The minimum absolute atomic E-state index is 0.0339. The van der Waals surface area contributed by atoms with Crippen LogP contribution < -0.4 is 0 Å². The van der Waals surface area contributed by atoms with Crippen LogP contribution in [0.3, 0.4) is 0 Å². The molecule has 0 amide bonds. The average Bonchev–Trinajstić information content (AvgIpc) is 3.22. The first-order valence-electron chi connectivity index (χ1n) is 9.53. The first-order chi connectivity index (χ1) is 13.6. The maximum absolute atomic E-state index is 5.57. The SMILES string of the molecule is Cc1noc(C)c1C(c1ccccc1)C(c1ccccc1)c1c(C)noc1C. The molecule has 2 atom stereocenters. The van der Waals surface area contributed by atoms with Gasteiger partial charge in [0.2, 0.25) is 0 Å². The second-order valence-electron chi connectivity index (χ2n) is 7.25. The van der Waals surface area contributed by atoms with E-state index in [-0.39, 0.29) is 11.8 Å². The third kappa shape index (κ3) is 3.15. The zero-order valence-electron chi connectivity index (χ0n) is 16.6. The van der Waals surface area contributed by atoms with Gasteiger partial charge >= 0.3 is 0 Å². The Hall–Kier alpha value is -3.14. The summed E-state index contributed by atoms with van der Waals surface area (Å²) in [6, 6.07) is 21.1. The number of hydrogen-bond acceptors (Lipinski definition) is 4. The van der Waals surface area contributed by atoms with Crippen LogP contribution in [0.2, 0.25) is 0 Å². The Labute approximate surface area is 165 Å². The van der Waals surface area contributed by atoms with Crippen LogP contribution in [0.5, 0.6) is 0 Å². The van der Waals surface area contributed by atoms with Crippen LogP contribution in [-0.2, 0) is 0 Å². The van der Waals surface area contributed by atoms with Gasteiger partial charge in [0.25, 0.3) is 0 Å². The molecule has 0 spiro atoms. The van der Waals surface area contributed by atoms with Crippen LogP contribution in [0.25, 0.3) is 0 Å². The van der Waals surface area contributed by atoms with Gasteiger partial charge in [0, 0.05) is 23.0 Å². The highest BCUT2D eigenvalue weighted by Crippen LogP contribution is 2.46. The minimum Gasteiger partial charge on any atom is -0.361 e. The molecule has 4 aromatic rings. The van der Waals surface area contributed by atoms with E-state index in [0.29, 0.717) is 0 Å². The number of benzene rings is 2. The van der Waals surface area contributed by atoms with E-state index in [0.717, 1.165) is 34.0 Å². The fourth-order valence-electron chi connectivity index (χ4n) is 4.24. The third-order valence-electron chi connectivity index (χ3n) is 5.45. The molecule has 0 saturated carbocycles. The maximum atomic E-state index is 5.57. The van der Waals surface area contributed by atoms with Crippen molar-refractivity contribution in [2.45, 2.75) is 39.5 Å². The van der Waals surface area contributed by atoms with Crippen molar-refractivity contribution in [3.05, 3.63) is 106 Å². The van der Waals surface area contributed by atoms with Crippen molar-refractivity contribution in [3.8, 4) is 0 Å². The molecule has 2 aromatic carbocycles. The molecule has 0 bridgehead atoms. The molecule has 0 radical (unpaired) electrons. The molecular formula is C24H24N2O2. The molecule has 0 saturated heterocycles. The second kappa shape index (κ2) is 7.47. The number of nitrogens with zero attached hydrogens (tertiary/aromatic N) is 2. The second-order valence-corrected chi connectivity index (χ2v) is 7.25. The van der Waals surface area contributed by atoms with E-state index in [4.69, 9.17) is 9.05 Å². The van der Waals surface area contributed by atoms with Gasteiger partial charge in [0.15, 0.2) is 0 Å². The Kier molecular flexibility index (Phi) is 4.86. The molecule has 0 N–H and O–H groups in total. The van der Waals surface area contributed by atoms with E-state index in [9.17, 15) is 0 Å². The Morgan fingerprint density at radius 1 is 0.571 bits per heavy atom. The lowest BCUT2D eigenvalue weighted by atomic mass is 9.72. The van der Waals surface area contributed by atoms with E-state index in [1.807, 2.05) is 39.8 Å². The van der Waals surface area contributed by atoms with Crippen molar-refractivity contribution in [1.82, 2.24) is 10.3 Å². The predicted molar refractivity (Wildman–Crippen MR) is 109 cm³/mol. The van der Waals surface area contributed by atoms with Gasteiger partial charge in [-0.15, -0.1) is 0 Å². The van der Waals surface area contributed by atoms with Crippen molar-refractivity contribution >= 4 is 0 Å². The summed E-state index contributed by atoms with van der Waals surface area (Å²) in [5.41, 5.74) is 6.51. The van der Waals surface area contributed by atoms with Gasteiger partial charge in [0.05, 0.1) is 11.4 Å². The molecule has 4 nitrogen and oxygen atoms in total. The highest BCUT2D eigenvalue weighted by atomic mass is 16.5. The van der Waals surface area contributed by atoms with Crippen molar-refractivity contribution in [1.29, 1.82) is 0 Å². The topological polar surface area (TPSA) is 52.1 Å². The van der Waals surface area contributed by atoms with Crippen molar-refractivity contribution in [2.24, 2.45) is 0 Å². The summed E-state index contributed by atoms with van der Waals surface area (Å²) in [5.74, 6) is 1.76. The molecule has 2 heterocycles. The van der Waals surface area contributed by atoms with E-state index in [2.05, 4.69) is 58.8 Å². The molecule has 0 aliphatic rings. The zero-order chi connectivity index (χ0) is 19.7. The standard InChI is InChI=1S/C24H24N2O2/c1-15-21(17(3)27-25-15)23(19-11-7-5-8-12-19)24(20-13-9-6-10-14-20)22-16(2)26-28-18(22)4/h5-14,23-24H,1-4H3. The minimum atomic E-state index is 0.0339. The van der Waals surface area contributed by atoms with Crippen LogP contribution >= 0.6 is 0 Å². The lowest BCUT2D eigenvalue weighted by molar-refractivity contribution is 0.390. The predicted octanol–water partition coefficient (Wildman–Crippen LogP) is 5.86. The third-order valence-corrected chi connectivity index (χ3v) is 5.45. The van der Waals surface area contributed by atoms with E-state index < -0.39 is 0 Å². The van der Waals surface area contributed by atoms with Gasteiger partial charge in [-0.05, 0) is 38.8 Å². The van der Waals surface area contributed by atoms with Crippen LogP contribution in [-0.4, -0.2) is 10.3 Å². The van der Waals surface area contributed by atoms with Crippen molar-refractivity contribution < 1.29 is 9.05 Å². The van der Waals surface area contributed by atoms with Gasteiger partial charge in [-0.3, -0.25) is 0 Å². The normalized spacial score (nSPS) is 13.4. The van der Waals surface area contributed by atoms with Crippen LogP contribution in [0.15, 0.2) is 69.7 Å². The molecule has 2 unspecified atom stereocenters. The monoisotopic (exact) mass is 372 g/mol. The number of aromatic nitrogens is 2. The first-order valence-corrected chi connectivity index (χ1v) is 9.53. The molecule has 0 aliphatic heterocycles. The fourth-order valence-corrected chi connectivity index (χ4v) is 4.24. The lowest BCUT2D eigenvalue weighted by Gasteiger charge is -2.28. The van der Waals surface area contributed by atoms with Gasteiger partial charge < -0.3 is 9.05 Å². The Balaban J connectivity index is 2.02. The Morgan fingerprint density at radius 3 is 1.21 bits per heavy atom. The Bertz CT molecular complexity index is 938. The van der Waals surface area contributed by atoms with Gasteiger partial charge in [-0.25, -0.2) is 0 Å². The quantitative estimate of drug-likeness (QED) is 0.440. The summed E-state index contributed by atoms with van der Waals surface area (Å²) in [5, 5.41) is 8.50. The molecule has 2 aromatic heterocycles. The van der Waals surface area contributed by atoms with Crippen LogP contribution in [0.1, 0.15) is 57.0 Å². The summed E-state index contributed by atoms with van der Waals surface area (Å²) < 4.78 is 11.1. The van der Waals surface area contributed by atoms with Gasteiger partial charge in [-0.2, -0.15) is 0 Å². The van der Waals surface area contributed by atoms with E-state index in [1.54, 1.807) is 0 Å². The summed E-state index contributed by atoms with van der Waals surface area (Å²) in [4.78, 5) is 0. The Morgan fingerprint density at radius 2 is 0.929 bits per heavy atom. The maximum Gasteiger partial charge on any atom is 0.137 e. The molecule has 4 rings (SSSR count). The van der Waals surface area contributed by atoms with Gasteiger partial charge in [-0.1, -0.05) is 71.0 Å². The number of aryl methyl sites for hydroxylation is 4. The van der Waals surface area contributed by atoms with Crippen molar-refractivity contribution in [3.63, 3.8) is 0 Å². The zero-order valence-corrected chi connectivity index (χ0v) is 16.6. The summed E-state index contributed by atoms with van der Waals surface area (Å²) in [7, 11) is 0. The molecule has 0 fully saturated rings. The molecule has 4 heteroatoms. The molecule has 0 aliphatic carbocycles. The highest BCUT2D eigenvalue weighted by Gasteiger charge is 2.35. The molecule has 28 heavy (non-hydrogen) atoms. The summed E-state index contributed by atoms with van der Waals surface area (Å²) >= 11 is 0. The summed E-state index contributed by atoms with van der Waals surface area (Å²) in [6.45, 7) is 8.00. The molecule has 142 valence electrons. The fraction of sp³-hybridized carbons (Fsp3) is 0.250. The van der Waals surface area contributed by atoms with E-state index >= 15 is 0 Å². The number of rotatable bonds is 5. The van der Waals surface area contributed by atoms with Crippen LogP contribution in [0, 0.1) is 27.7 Å². The van der Waals surface area contributed by atoms with Crippen LogP contribution in [0.4, 0.5) is 0 Å². The summed E-state index contributed by atoms with van der Waals surface area (Å²) in [6.07, 6.45) is 0. The first kappa shape index (κ1) is 18.2. The van der Waals surface area contributed by atoms with Crippen molar-refractivity contribution in [2.75, 3.05) is 0 Å². The smallest absolute Gasteiger partial charge is 0.137 e. The lowest BCUT2D eigenvalue weighted by Crippen LogP contribution is -2.17.